The van der Waals surface area contributed by atoms with E-state index in [4.69, 9.17) is 4.74 Å². The van der Waals surface area contributed by atoms with Gasteiger partial charge in [-0.1, -0.05) is 13.8 Å². The third-order valence-electron chi connectivity index (χ3n) is 4.27. The van der Waals surface area contributed by atoms with E-state index in [1.165, 1.54) is 0 Å². The van der Waals surface area contributed by atoms with Gasteiger partial charge in [0.15, 0.2) is 0 Å². The number of ether oxygens (including phenoxy) is 1. The zero-order valence-electron chi connectivity index (χ0n) is 16.9. The van der Waals surface area contributed by atoms with Gasteiger partial charge in [-0.25, -0.2) is 9.97 Å². The number of nitrogens with one attached hydrogen (secondary N) is 1. The van der Waals surface area contributed by atoms with Gasteiger partial charge in [0.1, 0.15) is 5.82 Å². The summed E-state index contributed by atoms with van der Waals surface area (Å²) in [4.78, 5) is 24.7. The molecule has 28 heavy (non-hydrogen) atoms. The van der Waals surface area contributed by atoms with Gasteiger partial charge >= 0.3 is 6.01 Å². The topological polar surface area (TPSA) is 77.0 Å². The van der Waals surface area contributed by atoms with E-state index >= 15 is 0 Å². The predicted molar refractivity (Wildman–Crippen MR) is 108 cm³/mol. The second-order valence-electron chi connectivity index (χ2n) is 6.13. The number of aryl methyl sites for hydroxylation is 1. The first-order valence-corrected chi connectivity index (χ1v) is 9.21. The van der Waals surface area contributed by atoms with Gasteiger partial charge in [-0.15, -0.1) is 0 Å². The quantitative estimate of drug-likeness (QED) is 0.459. The fraction of sp³-hybridized carbons (Fsp3) is 0.381. The van der Waals surface area contributed by atoms with Crippen molar-refractivity contribution in [2.24, 2.45) is 5.92 Å². The van der Waals surface area contributed by atoms with Crippen molar-refractivity contribution in [3.05, 3.63) is 47.8 Å². The number of hydrogen-bond acceptors (Lipinski definition) is 5. The monoisotopic (exact) mass is 532 g/mol. The molecule has 1 aliphatic rings. The molecule has 2 aromatic heterocycles. The number of aromatic nitrogens is 3. The van der Waals surface area contributed by atoms with Crippen LogP contribution >= 0.6 is 0 Å². The molecule has 0 spiro atoms. The first-order chi connectivity index (χ1) is 13.1. The Morgan fingerprint density at radius 2 is 2.04 bits per heavy atom. The third-order valence-corrected chi connectivity index (χ3v) is 4.27. The molecular formula is C21H27HoN4O2-. The molecule has 0 bridgehead atoms. The first-order valence-electron chi connectivity index (χ1n) is 9.21. The van der Waals surface area contributed by atoms with E-state index in [1.807, 2.05) is 45.9 Å². The number of hydrogen-bond donors (Lipinski definition) is 1. The second-order valence-corrected chi connectivity index (χ2v) is 6.13. The van der Waals surface area contributed by atoms with Gasteiger partial charge in [0.05, 0.1) is 12.8 Å². The maximum atomic E-state index is 12.0. The van der Waals surface area contributed by atoms with Gasteiger partial charge in [0, 0.05) is 50.1 Å². The van der Waals surface area contributed by atoms with Crippen LogP contribution in [0.15, 0.2) is 24.5 Å². The Balaban J connectivity index is 0.00000127. The summed E-state index contributed by atoms with van der Waals surface area (Å²) >= 11 is 0. The summed E-state index contributed by atoms with van der Waals surface area (Å²) < 4.78 is 5.06. The summed E-state index contributed by atoms with van der Waals surface area (Å²) in [6.07, 6.45) is 9.26. The normalized spacial score (nSPS) is 13.4. The largest absolute Gasteiger partial charge is 0.467 e. The van der Waals surface area contributed by atoms with E-state index in [0.717, 1.165) is 35.2 Å². The molecule has 2 aromatic rings. The molecule has 0 atom stereocenters. The van der Waals surface area contributed by atoms with Crippen molar-refractivity contribution in [2.45, 2.75) is 40.5 Å². The minimum Gasteiger partial charge on any atom is -0.467 e. The fourth-order valence-corrected chi connectivity index (χ4v) is 2.53. The van der Waals surface area contributed by atoms with Crippen LogP contribution in [0.1, 0.15) is 50.4 Å². The van der Waals surface area contributed by atoms with Crippen LogP contribution in [0.4, 0.5) is 5.82 Å². The number of methoxy groups -OCH3 is 1. The van der Waals surface area contributed by atoms with Crippen molar-refractivity contribution in [2.75, 3.05) is 12.4 Å². The molecule has 0 aliphatic heterocycles. The van der Waals surface area contributed by atoms with Crippen molar-refractivity contribution in [3.8, 4) is 6.01 Å². The smallest absolute Gasteiger partial charge is 0.316 e. The molecule has 1 radical (unpaired) electrons. The number of amides is 1. The number of carbonyl (C=O) groups excluding carboxylic acids is 1. The van der Waals surface area contributed by atoms with Crippen LogP contribution in [0, 0.1) is 57.0 Å². The molecule has 155 valence electrons. The van der Waals surface area contributed by atoms with E-state index in [2.05, 4.69) is 26.7 Å². The molecule has 1 N–H and O–H groups in total. The minimum atomic E-state index is 0. The maximum absolute atomic E-state index is 12.0. The Hall–Kier alpha value is -1.50. The summed E-state index contributed by atoms with van der Waals surface area (Å²) in [5.74, 6) is 0.728. The number of allylic oxidation sites excluding steroid dienone is 1. The summed E-state index contributed by atoms with van der Waals surface area (Å²) in [6.45, 7) is 7.97. The van der Waals surface area contributed by atoms with E-state index in [1.54, 1.807) is 19.5 Å². The van der Waals surface area contributed by atoms with Gasteiger partial charge in [0.2, 0.25) is 5.91 Å². The summed E-state index contributed by atoms with van der Waals surface area (Å²) in [6, 6.07) is 4.06. The SMILES string of the molecule is CC.COc1nccc(/C(C)=C/c2cnc(NC(=O)C3C[CH-]C3)cc2C)n1.[Ho]. The second kappa shape index (κ2) is 12.1. The maximum Gasteiger partial charge on any atom is 0.316 e. The Labute approximate surface area is 197 Å². The Bertz CT molecular complexity index is 820. The van der Waals surface area contributed by atoms with Crippen LogP contribution in [-0.2, 0) is 4.79 Å². The number of pyridine rings is 1. The van der Waals surface area contributed by atoms with Gasteiger partial charge in [0.25, 0.3) is 0 Å². The van der Waals surface area contributed by atoms with Crippen molar-refractivity contribution >= 4 is 23.4 Å². The van der Waals surface area contributed by atoms with Crippen molar-refractivity contribution < 1.29 is 47.3 Å². The Morgan fingerprint density at radius 1 is 1.32 bits per heavy atom. The van der Waals surface area contributed by atoms with Crippen LogP contribution < -0.4 is 10.1 Å². The van der Waals surface area contributed by atoms with E-state index in [0.29, 0.717) is 11.8 Å². The van der Waals surface area contributed by atoms with Crippen LogP contribution in [0.25, 0.3) is 11.6 Å². The zero-order chi connectivity index (χ0) is 19.8. The molecule has 1 aliphatic carbocycles. The molecule has 3 rings (SSSR count). The Morgan fingerprint density at radius 3 is 2.61 bits per heavy atom. The van der Waals surface area contributed by atoms with E-state index in [9.17, 15) is 4.79 Å². The molecule has 1 fully saturated rings. The average molecular weight is 532 g/mol. The molecule has 7 heteroatoms. The van der Waals surface area contributed by atoms with E-state index in [-0.39, 0.29) is 49.6 Å². The van der Waals surface area contributed by atoms with Crippen molar-refractivity contribution in [3.63, 3.8) is 0 Å². The molecule has 1 saturated carbocycles. The molecule has 6 nitrogen and oxygen atoms in total. The van der Waals surface area contributed by atoms with Crippen LogP contribution in [0.3, 0.4) is 0 Å². The standard InChI is InChI=1S/C19H21N4O2.C2H6.Ho/c1-12-10-17(23-18(24)14-5-4-6-14)21-11-15(12)9-13(2)16-7-8-20-19(22-16)25-3;1-2;/h4,7-11,14H,5-6H2,1-3H3,(H,21,23,24);1-2H3;/q-1;;/b13-9+;;. The minimum absolute atomic E-state index is 0. The van der Waals surface area contributed by atoms with Crippen LogP contribution in [-0.4, -0.2) is 28.0 Å². The van der Waals surface area contributed by atoms with Crippen LogP contribution in [0.2, 0.25) is 0 Å². The van der Waals surface area contributed by atoms with Crippen molar-refractivity contribution in [1.82, 2.24) is 15.0 Å². The number of nitrogens with zero attached hydrogens (tertiary/aromatic N) is 3. The summed E-state index contributed by atoms with van der Waals surface area (Å²) in [7, 11) is 1.54. The Kier molecular flexibility index (Phi) is 10.6. The van der Waals surface area contributed by atoms with Gasteiger partial charge in [-0.05, 0) is 54.7 Å². The average Bonchev–Trinajstić information content (AvgIpc) is 2.64. The third kappa shape index (κ3) is 6.54. The molecule has 0 saturated heterocycles. The van der Waals surface area contributed by atoms with Crippen LogP contribution in [0.5, 0.6) is 6.01 Å². The number of anilines is 1. The van der Waals surface area contributed by atoms with Gasteiger partial charge in [-0.3, -0.25) is 4.79 Å². The molecule has 0 aromatic carbocycles. The van der Waals surface area contributed by atoms with E-state index < -0.39 is 0 Å². The fourth-order valence-electron chi connectivity index (χ4n) is 2.53. The summed E-state index contributed by atoms with van der Waals surface area (Å²) in [5, 5.41) is 2.88. The number of rotatable bonds is 5. The molecular weight excluding hydrogens is 505 g/mol. The molecule has 1 amide bonds. The molecule has 2 heterocycles. The summed E-state index contributed by atoms with van der Waals surface area (Å²) in [5.41, 5.74) is 3.79. The van der Waals surface area contributed by atoms with Gasteiger partial charge in [-0.2, -0.15) is 17.8 Å². The van der Waals surface area contributed by atoms with Crippen molar-refractivity contribution in [1.29, 1.82) is 0 Å². The van der Waals surface area contributed by atoms with Gasteiger partial charge < -0.3 is 16.5 Å². The predicted octanol–water partition coefficient (Wildman–Crippen LogP) is 4.33. The first kappa shape index (κ1) is 24.5. The zero-order valence-corrected chi connectivity index (χ0v) is 18.8. The molecule has 0 unspecified atom stereocenters. The number of carbonyl (C=O) groups is 1.